The van der Waals surface area contributed by atoms with E-state index in [4.69, 9.17) is 11.6 Å². The van der Waals surface area contributed by atoms with Crippen LogP contribution in [0.3, 0.4) is 0 Å². The van der Waals surface area contributed by atoms with Crippen molar-refractivity contribution in [3.05, 3.63) is 5.48 Å². The maximum absolute atomic E-state index is 11.7. The summed E-state index contributed by atoms with van der Waals surface area (Å²) in [7, 11) is 0. The molecule has 2 unspecified atom stereocenters. The Balaban J connectivity index is -0.00000103. The van der Waals surface area contributed by atoms with Crippen LogP contribution in [0.25, 0.3) is 5.48 Å². The van der Waals surface area contributed by atoms with Gasteiger partial charge in [-0.05, 0) is 19.3 Å². The number of hydrogen-bond acceptors (Lipinski definition) is 5. The van der Waals surface area contributed by atoms with Gasteiger partial charge >= 0.3 is 0 Å². The summed E-state index contributed by atoms with van der Waals surface area (Å²) in [6.45, 7) is 9.52. The third kappa shape index (κ3) is 13.5. The first-order valence-corrected chi connectivity index (χ1v) is 6.99. The van der Waals surface area contributed by atoms with E-state index in [1.54, 1.807) is 0 Å². The van der Waals surface area contributed by atoms with Gasteiger partial charge in [0.15, 0.2) is 5.78 Å². The molecule has 0 aliphatic rings. The van der Waals surface area contributed by atoms with Crippen molar-refractivity contribution in [1.29, 1.82) is 0 Å². The fraction of sp³-hybridized carbons (Fsp3) is 0.846. The van der Waals surface area contributed by atoms with Gasteiger partial charge in [-0.2, -0.15) is 0 Å². The molecule has 123 valence electrons. The van der Waals surface area contributed by atoms with Crippen molar-refractivity contribution in [2.45, 2.75) is 59.5 Å². The van der Waals surface area contributed by atoms with Crippen molar-refractivity contribution in [2.24, 2.45) is 17.5 Å². The summed E-state index contributed by atoms with van der Waals surface area (Å²) in [6.07, 6.45) is 1.08. The zero-order valence-corrected chi connectivity index (χ0v) is 16.6. The van der Waals surface area contributed by atoms with Crippen molar-refractivity contribution in [2.75, 3.05) is 6.54 Å². The van der Waals surface area contributed by atoms with Gasteiger partial charge in [-0.15, -0.1) is 6.54 Å². The molecule has 21 heavy (non-hydrogen) atoms. The van der Waals surface area contributed by atoms with Gasteiger partial charge in [0.05, 0.1) is 12.1 Å². The van der Waals surface area contributed by atoms with E-state index in [0.29, 0.717) is 19.4 Å². The van der Waals surface area contributed by atoms with Crippen LogP contribution in [0.2, 0.25) is 0 Å². The maximum atomic E-state index is 11.7. The van der Waals surface area contributed by atoms with Crippen molar-refractivity contribution in [3.8, 4) is 0 Å². The Morgan fingerprint density at radius 3 is 2.19 bits per heavy atom. The molecule has 2 atom stereocenters. The molecule has 0 saturated heterocycles. The van der Waals surface area contributed by atoms with E-state index in [9.17, 15) is 9.59 Å². The number of amides is 1. The van der Waals surface area contributed by atoms with E-state index in [1.165, 1.54) is 6.92 Å². The summed E-state index contributed by atoms with van der Waals surface area (Å²) in [5, 5.41) is 2.65. The molecule has 7 nitrogen and oxygen atoms in total. The summed E-state index contributed by atoms with van der Waals surface area (Å²) in [5.41, 5.74) is 9.18. The van der Waals surface area contributed by atoms with Crippen LogP contribution >= 0.6 is 0 Å². The Morgan fingerprint density at radius 1 is 1.29 bits per heavy atom. The molecule has 8 heteroatoms. The number of nitrogens with zero attached hydrogens (tertiary/aromatic N) is 1. The molecule has 0 rings (SSSR count). The van der Waals surface area contributed by atoms with Gasteiger partial charge in [-0.25, -0.2) is 5.90 Å². The van der Waals surface area contributed by atoms with Crippen molar-refractivity contribution in [3.63, 3.8) is 0 Å². The van der Waals surface area contributed by atoms with Crippen LogP contribution in [-0.2, 0) is 47.2 Å². The molecule has 0 aromatic heterocycles. The molecule has 0 aromatic carbocycles. The van der Waals surface area contributed by atoms with Crippen LogP contribution < -0.4 is 16.9 Å². The van der Waals surface area contributed by atoms with Crippen LogP contribution in [0.1, 0.15) is 47.5 Å². The van der Waals surface area contributed by atoms with Gasteiger partial charge < -0.3 is 21.5 Å². The van der Waals surface area contributed by atoms with Crippen LogP contribution in [-0.4, -0.2) is 30.3 Å². The molecule has 0 spiro atoms. The molecule has 0 fully saturated rings. The molecular weight excluding hydrogens is 349 g/mol. The number of ketones is 1. The SMILES string of the molecule is CC.CC(=O)C(CCC[N-]ON)NC(=O)C(N)C(C)C.[Y]. The van der Waals surface area contributed by atoms with Gasteiger partial charge in [0.1, 0.15) is 0 Å². The fourth-order valence-electron chi connectivity index (χ4n) is 1.36. The topological polar surface area (TPSA) is 122 Å². The first-order valence-electron chi connectivity index (χ1n) is 6.99. The van der Waals surface area contributed by atoms with Gasteiger partial charge in [0.25, 0.3) is 0 Å². The predicted molar refractivity (Wildman–Crippen MR) is 79.5 cm³/mol. The molecule has 0 aliphatic heterocycles. The Labute approximate surface area is 153 Å². The molecule has 0 saturated carbocycles. The van der Waals surface area contributed by atoms with Gasteiger partial charge in [0, 0.05) is 32.7 Å². The molecule has 0 aromatic rings. The number of nitrogens with two attached hydrogens (primary N) is 2. The Bertz CT molecular complexity index is 278. The van der Waals surface area contributed by atoms with Crippen molar-refractivity contribution < 1.29 is 47.2 Å². The van der Waals surface area contributed by atoms with Crippen LogP contribution in [0.15, 0.2) is 0 Å². The fourth-order valence-corrected chi connectivity index (χ4v) is 1.36. The quantitative estimate of drug-likeness (QED) is 0.409. The minimum atomic E-state index is -0.607. The summed E-state index contributed by atoms with van der Waals surface area (Å²) in [4.78, 5) is 27.2. The molecule has 5 N–H and O–H groups in total. The van der Waals surface area contributed by atoms with E-state index in [-0.39, 0.29) is 50.3 Å². The number of hydroxylamine groups is 1. The average molecular weight is 378 g/mol. The molecular formula is C13H29N4O3Y-. The van der Waals surface area contributed by atoms with Gasteiger partial charge in [-0.3, -0.25) is 9.59 Å². The molecule has 0 aliphatic carbocycles. The number of rotatable bonds is 9. The van der Waals surface area contributed by atoms with Gasteiger partial charge in [-0.1, -0.05) is 34.1 Å². The molecule has 0 heterocycles. The van der Waals surface area contributed by atoms with Crippen LogP contribution in [0.4, 0.5) is 0 Å². The maximum Gasteiger partial charge on any atom is 0.237 e. The molecule has 1 amide bonds. The van der Waals surface area contributed by atoms with E-state index in [0.717, 1.165) is 0 Å². The van der Waals surface area contributed by atoms with E-state index >= 15 is 0 Å². The summed E-state index contributed by atoms with van der Waals surface area (Å²) in [6, 6.07) is -1.14. The number of Topliss-reactive ketones (excluding diaryl/α,β-unsaturated/α-hetero) is 1. The zero-order valence-electron chi connectivity index (χ0n) is 13.8. The third-order valence-corrected chi connectivity index (χ3v) is 2.64. The Morgan fingerprint density at radius 2 is 1.81 bits per heavy atom. The smallest absolute Gasteiger partial charge is 0.237 e. The standard InChI is InChI=1S/C11H23N4O3.C2H6.Y/c1-7(2)10(12)11(17)15-9(8(3)16)5-4-6-14-18-13;1-2;/h7,9-10H,4-6,12-13H2,1-3H3,(H,15,17);1-2H3;/q-1;;. The van der Waals surface area contributed by atoms with E-state index in [2.05, 4.69) is 15.7 Å². The number of nitrogens with one attached hydrogen (secondary N) is 1. The molecule has 1 radical (unpaired) electrons. The van der Waals surface area contributed by atoms with E-state index in [1.807, 2.05) is 27.7 Å². The normalized spacial score (nSPS) is 12.6. The second-order valence-corrected chi connectivity index (χ2v) is 4.54. The Kier molecular flexibility index (Phi) is 20.4. The number of carbonyl (C=O) groups excluding carboxylic acids is 2. The first-order chi connectivity index (χ1) is 9.40. The molecule has 0 bridgehead atoms. The van der Waals surface area contributed by atoms with Crippen LogP contribution in [0, 0.1) is 5.92 Å². The van der Waals surface area contributed by atoms with Crippen molar-refractivity contribution >= 4 is 11.7 Å². The minimum absolute atomic E-state index is 0. The summed E-state index contributed by atoms with van der Waals surface area (Å²) >= 11 is 0. The minimum Gasteiger partial charge on any atom is -0.514 e. The van der Waals surface area contributed by atoms with Crippen molar-refractivity contribution in [1.82, 2.24) is 5.32 Å². The monoisotopic (exact) mass is 378 g/mol. The Hall–Kier alpha value is 0.0839. The zero-order chi connectivity index (χ0) is 16.1. The summed E-state index contributed by atoms with van der Waals surface area (Å²) < 4.78 is 0. The average Bonchev–Trinajstić information content (AvgIpc) is 2.42. The second-order valence-electron chi connectivity index (χ2n) is 4.54. The van der Waals surface area contributed by atoms with Crippen LogP contribution in [0.5, 0.6) is 0 Å². The summed E-state index contributed by atoms with van der Waals surface area (Å²) in [5.74, 6) is 4.35. The second kappa shape index (κ2) is 16.5. The number of carbonyl (C=O) groups is 2. The first kappa shape index (κ1) is 26.0. The largest absolute Gasteiger partial charge is 0.514 e. The van der Waals surface area contributed by atoms with E-state index < -0.39 is 12.1 Å². The van der Waals surface area contributed by atoms with Gasteiger partial charge in [0.2, 0.25) is 5.91 Å². The predicted octanol–water partition coefficient (Wildman–Crippen LogP) is 1.03. The number of hydrogen-bond donors (Lipinski definition) is 3. The third-order valence-electron chi connectivity index (χ3n) is 2.64.